The number of oxazole rings is 1. The topological polar surface area (TPSA) is 74.2 Å². The van der Waals surface area contributed by atoms with Gasteiger partial charge in [-0.05, 0) is 18.2 Å². The molecule has 23 heavy (non-hydrogen) atoms. The standard InChI is InChI=1S/C17H11BrN4O/c18-14-9-5-4-8-13(14)11-20-22-17-15(10-19)21-16(23-17)12-6-2-1-3-7-12/h1-9,11,22H/b20-11+. The monoisotopic (exact) mass is 366 g/mol. The molecule has 112 valence electrons. The molecule has 1 aromatic heterocycles. The zero-order valence-corrected chi connectivity index (χ0v) is 13.5. The predicted octanol–water partition coefficient (Wildman–Crippen LogP) is 4.42. The highest BCUT2D eigenvalue weighted by molar-refractivity contribution is 9.10. The first-order valence-corrected chi connectivity index (χ1v) is 7.57. The number of hydrogen-bond acceptors (Lipinski definition) is 5. The summed E-state index contributed by atoms with van der Waals surface area (Å²) in [5.74, 6) is 0.593. The average molecular weight is 367 g/mol. The van der Waals surface area contributed by atoms with Gasteiger partial charge in [0.1, 0.15) is 6.07 Å². The molecule has 0 spiro atoms. The van der Waals surface area contributed by atoms with Crippen LogP contribution >= 0.6 is 15.9 Å². The van der Waals surface area contributed by atoms with Crippen LogP contribution in [0.3, 0.4) is 0 Å². The number of hydrogen-bond donors (Lipinski definition) is 1. The van der Waals surface area contributed by atoms with Crippen LogP contribution in [0.2, 0.25) is 0 Å². The van der Waals surface area contributed by atoms with Crippen LogP contribution in [0.1, 0.15) is 11.3 Å². The number of aromatic nitrogens is 1. The minimum atomic E-state index is 0.160. The minimum absolute atomic E-state index is 0.160. The number of hydrazone groups is 1. The Morgan fingerprint density at radius 3 is 2.61 bits per heavy atom. The highest BCUT2D eigenvalue weighted by Gasteiger charge is 2.13. The third-order valence-corrected chi connectivity index (χ3v) is 3.75. The highest BCUT2D eigenvalue weighted by Crippen LogP contribution is 2.25. The molecule has 5 nitrogen and oxygen atoms in total. The molecular formula is C17H11BrN4O. The van der Waals surface area contributed by atoms with E-state index in [2.05, 4.69) is 31.4 Å². The average Bonchev–Trinajstić information content (AvgIpc) is 3.01. The van der Waals surface area contributed by atoms with Gasteiger partial charge in [0.25, 0.3) is 5.88 Å². The van der Waals surface area contributed by atoms with Gasteiger partial charge in [-0.1, -0.05) is 52.3 Å². The van der Waals surface area contributed by atoms with Gasteiger partial charge < -0.3 is 4.42 Å². The third kappa shape index (κ3) is 3.47. The maximum Gasteiger partial charge on any atom is 0.252 e. The zero-order valence-electron chi connectivity index (χ0n) is 11.9. The summed E-state index contributed by atoms with van der Waals surface area (Å²) in [6, 6.07) is 19.0. The van der Waals surface area contributed by atoms with Crippen LogP contribution in [0.25, 0.3) is 11.5 Å². The minimum Gasteiger partial charge on any atom is -0.417 e. The molecule has 1 N–H and O–H groups in total. The van der Waals surface area contributed by atoms with Crippen molar-refractivity contribution in [3.05, 3.63) is 70.3 Å². The summed E-state index contributed by atoms with van der Waals surface area (Å²) in [4.78, 5) is 4.17. The molecule has 3 rings (SSSR count). The molecule has 2 aromatic carbocycles. The maximum absolute atomic E-state index is 9.17. The Balaban J connectivity index is 1.82. The molecular weight excluding hydrogens is 356 g/mol. The van der Waals surface area contributed by atoms with E-state index >= 15 is 0 Å². The van der Waals surface area contributed by atoms with Gasteiger partial charge in [0, 0.05) is 15.6 Å². The van der Waals surface area contributed by atoms with E-state index in [1.54, 1.807) is 6.21 Å². The molecule has 0 unspecified atom stereocenters. The van der Waals surface area contributed by atoms with Gasteiger partial charge in [0.05, 0.1) is 6.21 Å². The van der Waals surface area contributed by atoms with E-state index in [9.17, 15) is 0 Å². The van der Waals surface area contributed by atoms with Crippen LogP contribution in [0.15, 0.2) is 68.6 Å². The fourth-order valence-corrected chi connectivity index (χ4v) is 2.30. The van der Waals surface area contributed by atoms with Crippen LogP contribution in [-0.4, -0.2) is 11.2 Å². The van der Waals surface area contributed by atoms with E-state index in [0.717, 1.165) is 15.6 Å². The largest absolute Gasteiger partial charge is 0.417 e. The predicted molar refractivity (Wildman–Crippen MR) is 92.0 cm³/mol. The Morgan fingerprint density at radius 1 is 1.13 bits per heavy atom. The van der Waals surface area contributed by atoms with E-state index in [4.69, 9.17) is 9.68 Å². The van der Waals surface area contributed by atoms with E-state index in [1.807, 2.05) is 60.7 Å². The Morgan fingerprint density at radius 2 is 1.87 bits per heavy atom. The second-order valence-corrected chi connectivity index (χ2v) is 5.42. The summed E-state index contributed by atoms with van der Waals surface area (Å²) >= 11 is 3.44. The van der Waals surface area contributed by atoms with E-state index in [-0.39, 0.29) is 11.6 Å². The summed E-state index contributed by atoms with van der Waals surface area (Å²) in [5, 5.41) is 13.3. The van der Waals surface area contributed by atoms with E-state index in [0.29, 0.717) is 5.89 Å². The Labute approximate surface area is 141 Å². The molecule has 0 aliphatic heterocycles. The fourth-order valence-electron chi connectivity index (χ4n) is 1.92. The highest BCUT2D eigenvalue weighted by atomic mass is 79.9. The Kier molecular flexibility index (Phi) is 4.50. The van der Waals surface area contributed by atoms with Crippen LogP contribution in [-0.2, 0) is 0 Å². The van der Waals surface area contributed by atoms with Gasteiger partial charge in [-0.3, -0.25) is 0 Å². The molecule has 0 amide bonds. The van der Waals surface area contributed by atoms with Crippen LogP contribution < -0.4 is 5.43 Å². The SMILES string of the molecule is N#Cc1nc(-c2ccccc2)oc1N/N=C/c1ccccc1Br. The number of nitriles is 1. The summed E-state index contributed by atoms with van der Waals surface area (Å²) < 4.78 is 6.51. The molecule has 0 fully saturated rings. The fraction of sp³-hybridized carbons (Fsp3) is 0. The van der Waals surface area contributed by atoms with Crippen molar-refractivity contribution >= 4 is 28.0 Å². The van der Waals surface area contributed by atoms with Gasteiger partial charge in [0.15, 0.2) is 0 Å². The number of nitrogens with one attached hydrogen (secondary N) is 1. The zero-order chi connectivity index (χ0) is 16.1. The molecule has 0 saturated carbocycles. The van der Waals surface area contributed by atoms with Gasteiger partial charge in [-0.25, -0.2) is 5.43 Å². The van der Waals surface area contributed by atoms with Crippen LogP contribution in [0, 0.1) is 11.3 Å². The molecule has 3 aromatic rings. The third-order valence-electron chi connectivity index (χ3n) is 3.03. The van der Waals surface area contributed by atoms with Crippen molar-refractivity contribution < 1.29 is 4.42 Å². The molecule has 0 aliphatic rings. The van der Waals surface area contributed by atoms with Crippen molar-refractivity contribution in [3.8, 4) is 17.5 Å². The molecule has 0 bridgehead atoms. The van der Waals surface area contributed by atoms with Gasteiger partial charge in [-0.2, -0.15) is 15.3 Å². The van der Waals surface area contributed by atoms with Gasteiger partial charge in [0.2, 0.25) is 11.6 Å². The van der Waals surface area contributed by atoms with Crippen molar-refractivity contribution in [1.29, 1.82) is 5.26 Å². The molecule has 0 radical (unpaired) electrons. The van der Waals surface area contributed by atoms with Crippen molar-refractivity contribution in [2.75, 3.05) is 5.43 Å². The summed E-state index contributed by atoms with van der Waals surface area (Å²) in [5.41, 5.74) is 4.59. The van der Waals surface area contributed by atoms with E-state index < -0.39 is 0 Å². The molecule has 6 heteroatoms. The van der Waals surface area contributed by atoms with Crippen molar-refractivity contribution in [2.45, 2.75) is 0 Å². The quantitative estimate of drug-likeness (QED) is 0.547. The van der Waals surface area contributed by atoms with Crippen molar-refractivity contribution in [1.82, 2.24) is 4.98 Å². The lowest BCUT2D eigenvalue weighted by molar-refractivity contribution is 0.587. The second kappa shape index (κ2) is 6.90. The van der Waals surface area contributed by atoms with Crippen molar-refractivity contribution in [2.24, 2.45) is 5.10 Å². The summed E-state index contributed by atoms with van der Waals surface area (Å²) in [6.07, 6.45) is 1.63. The first-order chi connectivity index (χ1) is 11.3. The van der Waals surface area contributed by atoms with Gasteiger partial charge in [-0.15, -0.1) is 0 Å². The first-order valence-electron chi connectivity index (χ1n) is 6.78. The number of halogens is 1. The molecule has 0 saturated heterocycles. The maximum atomic E-state index is 9.17. The number of rotatable bonds is 4. The van der Waals surface area contributed by atoms with Crippen molar-refractivity contribution in [3.63, 3.8) is 0 Å². The molecule has 0 atom stereocenters. The lowest BCUT2D eigenvalue weighted by Gasteiger charge is -1.97. The van der Waals surface area contributed by atoms with Crippen LogP contribution in [0.5, 0.6) is 0 Å². The smallest absolute Gasteiger partial charge is 0.252 e. The van der Waals surface area contributed by atoms with Crippen LogP contribution in [0.4, 0.5) is 5.88 Å². The second-order valence-electron chi connectivity index (χ2n) is 4.57. The van der Waals surface area contributed by atoms with Gasteiger partial charge >= 0.3 is 0 Å². The lowest BCUT2D eigenvalue weighted by atomic mass is 10.2. The number of anilines is 1. The summed E-state index contributed by atoms with van der Waals surface area (Å²) in [6.45, 7) is 0. The molecule has 0 aliphatic carbocycles. The number of nitrogens with zero attached hydrogens (tertiary/aromatic N) is 3. The first kappa shape index (κ1) is 15.0. The number of benzene rings is 2. The van der Waals surface area contributed by atoms with E-state index in [1.165, 1.54) is 0 Å². The molecule has 1 heterocycles. The Hall–Kier alpha value is -2.91. The Bertz CT molecular complexity index is 881. The lowest BCUT2D eigenvalue weighted by Crippen LogP contribution is -1.92. The normalized spacial score (nSPS) is 10.6. The summed E-state index contributed by atoms with van der Waals surface area (Å²) in [7, 11) is 0.